The first-order chi connectivity index (χ1) is 15.4. The Labute approximate surface area is 186 Å². The highest BCUT2D eigenvalue weighted by Gasteiger charge is 2.26. The molecule has 3 N–H and O–H groups in total. The van der Waals surface area contributed by atoms with Crippen LogP contribution in [-0.4, -0.2) is 70.7 Å². The van der Waals surface area contributed by atoms with E-state index in [9.17, 15) is 9.59 Å². The van der Waals surface area contributed by atoms with E-state index in [1.54, 1.807) is 30.6 Å². The van der Waals surface area contributed by atoms with Gasteiger partial charge in [0.05, 0.1) is 11.3 Å². The fraction of sp³-hybridized carbons (Fsp3) is 0.348. The predicted octanol–water partition coefficient (Wildman–Crippen LogP) is 2.81. The highest BCUT2D eigenvalue weighted by Crippen LogP contribution is 2.27. The molecule has 0 saturated carbocycles. The first kappa shape index (κ1) is 21.5. The molecule has 2 aromatic heterocycles. The number of fused-ring (bicyclic) bond motifs is 1. The molecule has 0 unspecified atom stereocenters. The molecular weight excluding hydrogens is 410 g/mol. The number of pyridine rings is 1. The lowest BCUT2D eigenvalue weighted by atomic mass is 10.1. The maximum absolute atomic E-state index is 13.2. The average molecular weight is 438 g/mol. The number of aliphatic carboxylic acids is 1. The second-order valence-corrected chi connectivity index (χ2v) is 8.05. The summed E-state index contributed by atoms with van der Waals surface area (Å²) in [5, 5.41) is 13.0. The Morgan fingerprint density at radius 3 is 2.72 bits per heavy atom. The lowest BCUT2D eigenvalue weighted by Gasteiger charge is -2.36. The van der Waals surface area contributed by atoms with Crippen LogP contribution >= 0.6 is 0 Å². The van der Waals surface area contributed by atoms with Gasteiger partial charge in [0.1, 0.15) is 5.75 Å². The van der Waals surface area contributed by atoms with Crippen molar-refractivity contribution in [3.05, 3.63) is 48.3 Å². The topological polar surface area (TPSA) is 111 Å². The minimum absolute atomic E-state index is 0.0622. The summed E-state index contributed by atoms with van der Waals surface area (Å²) in [7, 11) is 0. The molecule has 9 nitrogen and oxygen atoms in total. The van der Waals surface area contributed by atoms with Gasteiger partial charge in [-0.1, -0.05) is 0 Å². The van der Waals surface area contributed by atoms with E-state index in [2.05, 4.69) is 34.0 Å². The smallest absolute Gasteiger partial charge is 0.341 e. The first-order valence-electron chi connectivity index (χ1n) is 10.6. The second-order valence-electron chi connectivity index (χ2n) is 8.05. The van der Waals surface area contributed by atoms with Crippen LogP contribution in [0.3, 0.4) is 0 Å². The molecule has 1 fully saturated rings. The number of hydrogen-bond donors (Lipinski definition) is 3. The van der Waals surface area contributed by atoms with Crippen LogP contribution in [0, 0.1) is 0 Å². The normalized spacial score (nSPS) is 14.1. The maximum atomic E-state index is 13.2. The Bertz CT molecular complexity index is 1120. The predicted molar refractivity (Wildman–Crippen MR) is 123 cm³/mol. The van der Waals surface area contributed by atoms with E-state index in [1.165, 1.54) is 0 Å². The number of piperazine rings is 1. The number of H-pyrrole nitrogens is 1. The van der Waals surface area contributed by atoms with Crippen LogP contribution in [0.15, 0.2) is 42.7 Å². The van der Waals surface area contributed by atoms with Gasteiger partial charge in [0.2, 0.25) is 0 Å². The number of anilines is 2. The average Bonchev–Trinajstić information content (AvgIpc) is 3.20. The van der Waals surface area contributed by atoms with Gasteiger partial charge in [0.25, 0.3) is 5.91 Å². The molecule has 1 amide bonds. The van der Waals surface area contributed by atoms with Gasteiger partial charge in [0, 0.05) is 55.5 Å². The summed E-state index contributed by atoms with van der Waals surface area (Å²) >= 11 is 0. The third-order valence-electron chi connectivity index (χ3n) is 5.34. The van der Waals surface area contributed by atoms with Crippen LogP contribution in [0.25, 0.3) is 10.9 Å². The van der Waals surface area contributed by atoms with Gasteiger partial charge >= 0.3 is 5.97 Å². The lowest BCUT2D eigenvalue weighted by Crippen LogP contribution is -2.49. The van der Waals surface area contributed by atoms with Gasteiger partial charge in [-0.25, -0.2) is 9.78 Å². The van der Waals surface area contributed by atoms with Crippen molar-refractivity contribution in [2.24, 2.45) is 0 Å². The number of rotatable bonds is 7. The van der Waals surface area contributed by atoms with E-state index in [4.69, 9.17) is 9.84 Å². The summed E-state index contributed by atoms with van der Waals surface area (Å²) in [6.45, 7) is 6.29. The molecule has 0 radical (unpaired) electrons. The van der Waals surface area contributed by atoms with Crippen LogP contribution in [-0.2, 0) is 4.79 Å². The lowest BCUT2D eigenvalue weighted by molar-refractivity contribution is -0.139. The highest BCUT2D eigenvalue weighted by molar-refractivity contribution is 6.07. The minimum Gasteiger partial charge on any atom is -0.482 e. The largest absolute Gasteiger partial charge is 0.482 e. The van der Waals surface area contributed by atoms with Crippen LogP contribution < -0.4 is 15.0 Å². The van der Waals surface area contributed by atoms with Gasteiger partial charge in [0.15, 0.2) is 12.4 Å². The summed E-state index contributed by atoms with van der Waals surface area (Å²) < 4.78 is 5.27. The van der Waals surface area contributed by atoms with Crippen molar-refractivity contribution < 1.29 is 19.4 Å². The van der Waals surface area contributed by atoms with Crippen molar-refractivity contribution >= 4 is 34.3 Å². The standard InChI is InChI=1S/C23H27N5O4/c1-15(2)26-20-4-3-7-24-22(20)27-8-10-28(11-9-27)23(31)18-13-25-19-6-5-16(12-17(18)19)32-14-21(29)30/h3-7,12-13,15,25-26H,8-11,14H2,1-2H3,(H,29,30). The van der Waals surface area contributed by atoms with Crippen LogP contribution in [0.1, 0.15) is 24.2 Å². The number of hydrogen-bond acceptors (Lipinski definition) is 6. The molecule has 0 bridgehead atoms. The van der Waals surface area contributed by atoms with E-state index >= 15 is 0 Å². The maximum Gasteiger partial charge on any atom is 0.341 e. The van der Waals surface area contributed by atoms with Gasteiger partial charge in [-0.2, -0.15) is 0 Å². The number of aromatic nitrogens is 2. The number of nitrogens with zero attached hydrogens (tertiary/aromatic N) is 3. The summed E-state index contributed by atoms with van der Waals surface area (Å²) in [4.78, 5) is 35.7. The van der Waals surface area contributed by atoms with Gasteiger partial charge in [-0.15, -0.1) is 0 Å². The van der Waals surface area contributed by atoms with Crippen LogP contribution in [0.4, 0.5) is 11.5 Å². The number of carboxylic acids is 1. The molecule has 168 valence electrons. The highest BCUT2D eigenvalue weighted by atomic mass is 16.5. The zero-order valence-corrected chi connectivity index (χ0v) is 18.2. The zero-order valence-electron chi connectivity index (χ0n) is 18.2. The number of benzene rings is 1. The molecule has 1 aliphatic heterocycles. The molecule has 1 aliphatic rings. The van der Waals surface area contributed by atoms with Crippen molar-refractivity contribution in [2.45, 2.75) is 19.9 Å². The van der Waals surface area contributed by atoms with Gasteiger partial charge in [-0.05, 0) is 44.2 Å². The van der Waals surface area contributed by atoms with Crippen molar-refractivity contribution in [3.8, 4) is 5.75 Å². The number of ether oxygens (including phenoxy) is 1. The monoisotopic (exact) mass is 437 g/mol. The second kappa shape index (κ2) is 9.17. The van der Waals surface area contributed by atoms with Gasteiger partial charge in [-0.3, -0.25) is 4.79 Å². The summed E-state index contributed by atoms with van der Waals surface area (Å²) in [6, 6.07) is 9.41. The van der Waals surface area contributed by atoms with Crippen LogP contribution in [0.2, 0.25) is 0 Å². The molecule has 0 spiro atoms. The molecule has 0 atom stereocenters. The molecule has 9 heteroatoms. The van der Waals surface area contributed by atoms with E-state index in [1.807, 2.05) is 17.0 Å². The molecule has 3 heterocycles. The van der Waals surface area contributed by atoms with E-state index in [0.717, 1.165) is 17.0 Å². The van der Waals surface area contributed by atoms with Crippen molar-refractivity contribution in [2.75, 3.05) is 43.0 Å². The Morgan fingerprint density at radius 1 is 1.22 bits per heavy atom. The van der Waals surface area contributed by atoms with Crippen molar-refractivity contribution in [1.29, 1.82) is 0 Å². The Balaban J connectivity index is 1.46. The zero-order chi connectivity index (χ0) is 22.7. The molecular formula is C23H27N5O4. The van der Waals surface area contributed by atoms with Crippen LogP contribution in [0.5, 0.6) is 5.75 Å². The Hall–Kier alpha value is -3.75. The fourth-order valence-corrected chi connectivity index (χ4v) is 3.88. The van der Waals surface area contributed by atoms with Gasteiger partial charge < -0.3 is 29.9 Å². The number of amides is 1. The number of nitrogens with one attached hydrogen (secondary N) is 2. The third-order valence-corrected chi connectivity index (χ3v) is 5.34. The molecule has 0 aliphatic carbocycles. The first-order valence-corrected chi connectivity index (χ1v) is 10.6. The number of carboxylic acid groups (broad SMARTS) is 1. The van der Waals surface area contributed by atoms with E-state index in [0.29, 0.717) is 48.9 Å². The summed E-state index contributed by atoms with van der Waals surface area (Å²) in [5.74, 6) is 0.208. The van der Waals surface area contributed by atoms with E-state index in [-0.39, 0.29) is 5.91 Å². The molecule has 1 aromatic carbocycles. The summed E-state index contributed by atoms with van der Waals surface area (Å²) in [6.07, 6.45) is 3.48. The molecule has 1 saturated heterocycles. The molecule has 4 rings (SSSR count). The third kappa shape index (κ3) is 4.61. The Morgan fingerprint density at radius 2 is 2.00 bits per heavy atom. The number of aromatic amines is 1. The molecule has 32 heavy (non-hydrogen) atoms. The SMILES string of the molecule is CC(C)Nc1cccnc1N1CCN(C(=O)c2c[nH]c3ccc(OCC(=O)O)cc23)CC1. The minimum atomic E-state index is -1.05. The fourth-order valence-electron chi connectivity index (χ4n) is 3.88. The summed E-state index contributed by atoms with van der Waals surface area (Å²) in [5.41, 5.74) is 2.34. The van der Waals surface area contributed by atoms with Crippen molar-refractivity contribution in [1.82, 2.24) is 14.9 Å². The Kier molecular flexibility index (Phi) is 6.16. The quantitative estimate of drug-likeness (QED) is 0.521. The number of carbonyl (C=O) groups excluding carboxylic acids is 1. The van der Waals surface area contributed by atoms with E-state index < -0.39 is 12.6 Å². The van der Waals surface area contributed by atoms with Crippen molar-refractivity contribution in [3.63, 3.8) is 0 Å². The number of carbonyl (C=O) groups is 2. The molecule has 3 aromatic rings.